The Bertz CT molecular complexity index is 166. The lowest BCUT2D eigenvalue weighted by Crippen LogP contribution is -2.20. The highest BCUT2D eigenvalue weighted by Gasteiger charge is 2.17. The second-order valence-electron chi connectivity index (χ2n) is 2.37. The van der Waals surface area contributed by atoms with Crippen LogP contribution in [0.2, 0.25) is 0 Å². The zero-order chi connectivity index (χ0) is 8.27. The minimum atomic E-state index is 0.670. The molecule has 1 aliphatic rings. The van der Waals surface area contributed by atoms with Gasteiger partial charge < -0.3 is 4.74 Å². The number of allylic oxidation sites excluding steroid dienone is 1. The van der Waals surface area contributed by atoms with Gasteiger partial charge in [-0.3, -0.25) is 0 Å². The Balaban J connectivity index is 2.53. The van der Waals surface area contributed by atoms with Gasteiger partial charge in [0.15, 0.2) is 0 Å². The van der Waals surface area contributed by atoms with Crippen molar-refractivity contribution in [2.24, 2.45) is 0 Å². The molecule has 1 heterocycles. The van der Waals surface area contributed by atoms with E-state index in [9.17, 15) is 0 Å². The molecular formula is C7H10I2OS. The van der Waals surface area contributed by atoms with Crippen LogP contribution in [0.15, 0.2) is 8.48 Å². The normalized spacial score (nSPS) is 30.3. The van der Waals surface area contributed by atoms with Crippen LogP contribution in [0.4, 0.5) is 0 Å². The fraction of sp³-hybridized carbons (Fsp3) is 0.714. The Kier molecular flexibility index (Phi) is 5.09. The van der Waals surface area contributed by atoms with Crippen molar-refractivity contribution >= 4 is 56.9 Å². The van der Waals surface area contributed by atoms with E-state index in [1.54, 1.807) is 0 Å². The number of ether oxygens (including phenoxy) is 1. The van der Waals surface area contributed by atoms with Gasteiger partial charge in [0.25, 0.3) is 0 Å². The van der Waals surface area contributed by atoms with Gasteiger partial charge in [-0.1, -0.05) is 22.6 Å². The van der Waals surface area contributed by atoms with Crippen LogP contribution < -0.4 is 0 Å². The maximum atomic E-state index is 5.46. The smallest absolute Gasteiger partial charge is 0.0783 e. The molecular weight excluding hydrogens is 386 g/mol. The molecule has 1 rings (SSSR count). The predicted molar refractivity (Wildman–Crippen MR) is 67.8 cm³/mol. The second kappa shape index (κ2) is 5.29. The van der Waals surface area contributed by atoms with Crippen molar-refractivity contribution in [3.63, 3.8) is 0 Å². The summed E-state index contributed by atoms with van der Waals surface area (Å²) in [6.07, 6.45) is 0. The lowest BCUT2D eigenvalue weighted by molar-refractivity contribution is 0.159. The monoisotopic (exact) mass is 396 g/mol. The first-order valence-electron chi connectivity index (χ1n) is 3.39. The Morgan fingerprint density at radius 2 is 2.55 bits per heavy atom. The van der Waals surface area contributed by atoms with Gasteiger partial charge in [0.1, 0.15) is 0 Å². The van der Waals surface area contributed by atoms with E-state index in [1.807, 2.05) is 11.8 Å². The van der Waals surface area contributed by atoms with Crippen LogP contribution in [0.1, 0.15) is 6.92 Å². The Morgan fingerprint density at radius 1 is 1.82 bits per heavy atom. The standard InChI is InChI=1S/C7H10I2OS/c1-5(9)7-4-10-3-6(2-8)11-7/h6H,2-4H2,1H3/b7-5+. The molecule has 0 N–H and O–H groups in total. The van der Waals surface area contributed by atoms with Gasteiger partial charge >= 0.3 is 0 Å². The van der Waals surface area contributed by atoms with Crippen LogP contribution in [0, 0.1) is 0 Å². The van der Waals surface area contributed by atoms with E-state index < -0.39 is 0 Å². The molecule has 1 atom stereocenters. The maximum Gasteiger partial charge on any atom is 0.0783 e. The van der Waals surface area contributed by atoms with E-state index in [2.05, 4.69) is 52.1 Å². The largest absolute Gasteiger partial charge is 0.375 e. The molecule has 0 aromatic carbocycles. The minimum absolute atomic E-state index is 0.670. The molecule has 1 unspecified atom stereocenters. The average molecular weight is 396 g/mol. The van der Waals surface area contributed by atoms with Crippen molar-refractivity contribution in [2.75, 3.05) is 17.6 Å². The fourth-order valence-electron chi connectivity index (χ4n) is 0.809. The predicted octanol–water partition coefficient (Wildman–Crippen LogP) is 3.22. The number of thioether (sulfide) groups is 1. The third-order valence-electron chi connectivity index (χ3n) is 1.40. The first-order valence-corrected chi connectivity index (χ1v) is 6.88. The molecule has 1 nitrogen and oxygen atoms in total. The molecule has 0 aliphatic carbocycles. The molecule has 1 saturated heterocycles. The van der Waals surface area contributed by atoms with Crippen LogP contribution in [-0.2, 0) is 4.74 Å². The number of alkyl halides is 1. The van der Waals surface area contributed by atoms with Crippen LogP contribution in [-0.4, -0.2) is 22.9 Å². The number of hydrogen-bond donors (Lipinski definition) is 0. The summed E-state index contributed by atoms with van der Waals surface area (Å²) >= 11 is 6.76. The molecule has 0 bridgehead atoms. The fourth-order valence-corrected chi connectivity index (χ4v) is 3.08. The summed E-state index contributed by atoms with van der Waals surface area (Å²) in [6.45, 7) is 3.88. The Hall–Kier alpha value is 1.51. The molecule has 1 fully saturated rings. The summed E-state index contributed by atoms with van der Waals surface area (Å²) in [7, 11) is 0. The van der Waals surface area contributed by atoms with Crippen molar-refractivity contribution in [3.8, 4) is 0 Å². The Labute approximate surface area is 99.0 Å². The van der Waals surface area contributed by atoms with Gasteiger partial charge in [0.05, 0.1) is 13.2 Å². The van der Waals surface area contributed by atoms with Gasteiger partial charge in [-0.25, -0.2) is 0 Å². The summed E-state index contributed by atoms with van der Waals surface area (Å²) in [5.74, 6) is 0. The first kappa shape index (κ1) is 10.6. The highest BCUT2D eigenvalue weighted by molar-refractivity contribution is 14.1. The SMILES string of the molecule is C/C(I)=C1/COCC(CI)S1. The molecule has 64 valence electrons. The molecule has 0 aromatic heterocycles. The molecule has 0 aromatic rings. The van der Waals surface area contributed by atoms with Crippen LogP contribution >= 0.6 is 56.9 Å². The average Bonchev–Trinajstić information content (AvgIpc) is 2.05. The summed E-state index contributed by atoms with van der Waals surface area (Å²) in [6, 6.07) is 0. The quantitative estimate of drug-likeness (QED) is 0.498. The molecule has 0 radical (unpaired) electrons. The summed E-state index contributed by atoms with van der Waals surface area (Å²) in [4.78, 5) is 1.42. The topological polar surface area (TPSA) is 9.23 Å². The molecule has 11 heavy (non-hydrogen) atoms. The molecule has 0 saturated carbocycles. The second-order valence-corrected chi connectivity index (χ2v) is 6.26. The molecule has 1 aliphatic heterocycles. The highest BCUT2D eigenvalue weighted by Crippen LogP contribution is 2.32. The van der Waals surface area contributed by atoms with E-state index in [0.29, 0.717) is 5.25 Å². The van der Waals surface area contributed by atoms with E-state index >= 15 is 0 Å². The summed E-state index contributed by atoms with van der Waals surface area (Å²) in [5, 5.41) is 0.670. The summed E-state index contributed by atoms with van der Waals surface area (Å²) < 4.78 is 8.01. The van der Waals surface area contributed by atoms with E-state index in [4.69, 9.17) is 4.74 Å². The number of rotatable bonds is 1. The molecule has 4 heteroatoms. The lowest BCUT2D eigenvalue weighted by Gasteiger charge is -2.22. The lowest BCUT2D eigenvalue weighted by atomic mass is 10.5. The zero-order valence-corrected chi connectivity index (χ0v) is 11.4. The van der Waals surface area contributed by atoms with Crippen LogP contribution in [0.3, 0.4) is 0 Å². The van der Waals surface area contributed by atoms with Crippen LogP contribution in [0.5, 0.6) is 0 Å². The first-order chi connectivity index (χ1) is 5.24. The van der Waals surface area contributed by atoms with Crippen molar-refractivity contribution in [3.05, 3.63) is 8.48 Å². The van der Waals surface area contributed by atoms with Crippen molar-refractivity contribution in [1.82, 2.24) is 0 Å². The van der Waals surface area contributed by atoms with Crippen LogP contribution in [0.25, 0.3) is 0 Å². The van der Waals surface area contributed by atoms with Crippen molar-refractivity contribution in [1.29, 1.82) is 0 Å². The zero-order valence-electron chi connectivity index (χ0n) is 6.27. The van der Waals surface area contributed by atoms with E-state index in [-0.39, 0.29) is 0 Å². The third kappa shape index (κ3) is 3.40. The van der Waals surface area contributed by atoms with Gasteiger partial charge in [-0.15, -0.1) is 11.8 Å². The van der Waals surface area contributed by atoms with Gasteiger partial charge in [0, 0.05) is 14.6 Å². The summed E-state index contributed by atoms with van der Waals surface area (Å²) in [5.41, 5.74) is 0. The van der Waals surface area contributed by atoms with E-state index in [0.717, 1.165) is 13.2 Å². The molecule has 0 amide bonds. The van der Waals surface area contributed by atoms with Crippen molar-refractivity contribution in [2.45, 2.75) is 12.2 Å². The maximum absolute atomic E-state index is 5.46. The van der Waals surface area contributed by atoms with Gasteiger partial charge in [0.2, 0.25) is 0 Å². The third-order valence-corrected chi connectivity index (χ3v) is 5.42. The Morgan fingerprint density at radius 3 is 3.09 bits per heavy atom. The minimum Gasteiger partial charge on any atom is -0.375 e. The van der Waals surface area contributed by atoms with Crippen molar-refractivity contribution < 1.29 is 4.74 Å². The number of hydrogen-bond acceptors (Lipinski definition) is 2. The number of halogens is 2. The van der Waals surface area contributed by atoms with Gasteiger partial charge in [-0.2, -0.15) is 0 Å². The van der Waals surface area contributed by atoms with E-state index in [1.165, 1.54) is 12.9 Å². The van der Waals surface area contributed by atoms with Gasteiger partial charge in [-0.05, 0) is 33.1 Å². The molecule has 0 spiro atoms. The highest BCUT2D eigenvalue weighted by atomic mass is 127.